The molecule has 1 saturated heterocycles. The number of aromatic nitrogens is 1. The SMILES string of the molecule is COC(=O)c1ccc(OCCc2c(CCNS(=O)(=O)CCN3CCCCC3C)n(C(c3ccccc3)c3ccccc3)c3ccc(Cl)cc23)cc1. The molecule has 1 unspecified atom stereocenters. The number of methoxy groups -OCH3 is 1. The molecule has 1 aliphatic rings. The van der Waals surface area contributed by atoms with E-state index in [1.165, 1.54) is 13.5 Å². The third-order valence-electron chi connectivity index (χ3n) is 9.84. The van der Waals surface area contributed by atoms with E-state index in [4.69, 9.17) is 21.1 Å². The molecule has 2 heterocycles. The molecule has 0 amide bonds. The first-order valence-corrected chi connectivity index (χ1v) is 19.7. The van der Waals surface area contributed by atoms with Gasteiger partial charge in [-0.1, -0.05) is 78.7 Å². The minimum absolute atomic E-state index is 0.0715. The molecule has 0 bridgehead atoms. The summed E-state index contributed by atoms with van der Waals surface area (Å²) in [5, 5.41) is 1.62. The number of sulfonamides is 1. The molecule has 0 spiro atoms. The van der Waals surface area contributed by atoms with E-state index in [2.05, 4.69) is 51.4 Å². The molecule has 1 aromatic heterocycles. The van der Waals surface area contributed by atoms with Crippen LogP contribution < -0.4 is 9.46 Å². The van der Waals surface area contributed by atoms with Gasteiger partial charge in [0, 0.05) is 53.6 Å². The minimum Gasteiger partial charge on any atom is -0.493 e. The van der Waals surface area contributed by atoms with E-state index in [9.17, 15) is 13.2 Å². The van der Waals surface area contributed by atoms with Crippen LogP contribution in [0.3, 0.4) is 0 Å². The van der Waals surface area contributed by atoms with Gasteiger partial charge in [0.15, 0.2) is 0 Å². The fourth-order valence-electron chi connectivity index (χ4n) is 7.21. The highest BCUT2D eigenvalue weighted by atomic mass is 35.5. The van der Waals surface area contributed by atoms with Crippen molar-refractivity contribution < 1.29 is 22.7 Å². The second kappa shape index (κ2) is 16.9. The van der Waals surface area contributed by atoms with E-state index < -0.39 is 16.0 Å². The Morgan fingerprint density at radius 3 is 2.25 bits per heavy atom. The van der Waals surface area contributed by atoms with Crippen LogP contribution in [0.15, 0.2) is 103 Å². The fourth-order valence-corrected chi connectivity index (χ4v) is 8.42. The van der Waals surface area contributed by atoms with Gasteiger partial charge in [0.05, 0.1) is 31.1 Å². The molecular formula is C41H46ClN3O5S. The number of nitrogens with one attached hydrogen (secondary N) is 1. The summed E-state index contributed by atoms with van der Waals surface area (Å²) in [7, 11) is -2.15. The number of esters is 1. The molecule has 0 aliphatic carbocycles. The summed E-state index contributed by atoms with van der Waals surface area (Å²) in [5.41, 5.74) is 5.75. The van der Waals surface area contributed by atoms with Gasteiger partial charge in [-0.3, -0.25) is 4.90 Å². The first-order chi connectivity index (χ1) is 24.7. The van der Waals surface area contributed by atoms with Crippen LogP contribution in [0.5, 0.6) is 5.75 Å². The van der Waals surface area contributed by atoms with E-state index in [0.29, 0.717) is 48.4 Å². The maximum Gasteiger partial charge on any atom is 0.337 e. The number of likely N-dealkylation sites (tertiary alicyclic amines) is 1. The van der Waals surface area contributed by atoms with Gasteiger partial charge in [-0.2, -0.15) is 0 Å². The molecule has 6 rings (SSSR count). The van der Waals surface area contributed by atoms with Gasteiger partial charge in [0.2, 0.25) is 10.0 Å². The Balaban J connectivity index is 1.34. The Morgan fingerprint density at radius 2 is 1.61 bits per heavy atom. The topological polar surface area (TPSA) is 89.9 Å². The smallest absolute Gasteiger partial charge is 0.337 e. The Labute approximate surface area is 306 Å². The number of carbonyl (C=O) groups is 1. The highest BCUT2D eigenvalue weighted by Gasteiger charge is 2.26. The summed E-state index contributed by atoms with van der Waals surface area (Å²) >= 11 is 6.65. The normalized spacial score (nSPS) is 15.3. The number of ether oxygens (including phenoxy) is 2. The summed E-state index contributed by atoms with van der Waals surface area (Å²) in [6.07, 6.45) is 4.43. The molecule has 10 heteroatoms. The van der Waals surface area contributed by atoms with Gasteiger partial charge in [-0.25, -0.2) is 17.9 Å². The van der Waals surface area contributed by atoms with Crippen molar-refractivity contribution in [1.82, 2.24) is 14.2 Å². The van der Waals surface area contributed by atoms with Crippen molar-refractivity contribution in [2.24, 2.45) is 0 Å². The maximum atomic E-state index is 13.3. The summed E-state index contributed by atoms with van der Waals surface area (Å²) in [4.78, 5) is 14.2. The highest BCUT2D eigenvalue weighted by molar-refractivity contribution is 7.89. The summed E-state index contributed by atoms with van der Waals surface area (Å²) < 4.78 is 43.0. The Morgan fingerprint density at radius 1 is 0.922 bits per heavy atom. The first kappa shape index (κ1) is 36.6. The van der Waals surface area contributed by atoms with E-state index in [1.807, 2.05) is 48.5 Å². The van der Waals surface area contributed by atoms with Crippen molar-refractivity contribution in [2.75, 3.05) is 39.1 Å². The third kappa shape index (κ3) is 9.02. The van der Waals surface area contributed by atoms with Crippen molar-refractivity contribution in [2.45, 2.75) is 51.1 Å². The van der Waals surface area contributed by atoms with E-state index in [1.54, 1.807) is 24.3 Å². The fraction of sp³-hybridized carbons (Fsp3) is 0.341. The number of benzene rings is 4. The summed E-state index contributed by atoms with van der Waals surface area (Å²) in [6, 6.07) is 33.8. The second-order valence-corrected chi connectivity index (χ2v) is 15.5. The Kier molecular flexibility index (Phi) is 12.1. The lowest BCUT2D eigenvalue weighted by Crippen LogP contribution is -2.42. The van der Waals surface area contributed by atoms with Crippen LogP contribution in [0.1, 0.15) is 65.0 Å². The monoisotopic (exact) mass is 727 g/mol. The van der Waals surface area contributed by atoms with Gasteiger partial charge >= 0.3 is 5.97 Å². The number of piperidine rings is 1. The van der Waals surface area contributed by atoms with E-state index in [-0.39, 0.29) is 18.3 Å². The van der Waals surface area contributed by atoms with Gasteiger partial charge in [0.1, 0.15) is 5.75 Å². The molecule has 8 nitrogen and oxygen atoms in total. The predicted molar refractivity (Wildman–Crippen MR) is 204 cm³/mol. The molecule has 1 N–H and O–H groups in total. The summed E-state index contributed by atoms with van der Waals surface area (Å²) in [5.74, 6) is 0.300. The number of hydrogen-bond acceptors (Lipinski definition) is 6. The van der Waals surface area contributed by atoms with Crippen molar-refractivity contribution in [3.63, 3.8) is 0 Å². The molecule has 51 heavy (non-hydrogen) atoms. The number of fused-ring (bicyclic) bond motifs is 1. The molecule has 4 aromatic carbocycles. The first-order valence-electron chi connectivity index (χ1n) is 17.7. The third-order valence-corrected chi connectivity index (χ3v) is 11.4. The van der Waals surface area contributed by atoms with Crippen molar-refractivity contribution in [3.05, 3.63) is 136 Å². The zero-order chi connectivity index (χ0) is 35.8. The largest absolute Gasteiger partial charge is 0.493 e. The summed E-state index contributed by atoms with van der Waals surface area (Å²) in [6.45, 7) is 4.27. The number of halogens is 1. The Bertz CT molecular complexity index is 1980. The van der Waals surface area contributed by atoms with Crippen LogP contribution in [0.2, 0.25) is 5.02 Å². The van der Waals surface area contributed by atoms with Crippen molar-refractivity contribution in [3.8, 4) is 5.75 Å². The molecule has 0 saturated carbocycles. The quantitative estimate of drug-likeness (QED) is 0.111. The van der Waals surface area contributed by atoms with Crippen molar-refractivity contribution in [1.29, 1.82) is 0 Å². The van der Waals surface area contributed by atoms with E-state index >= 15 is 0 Å². The zero-order valence-electron chi connectivity index (χ0n) is 29.3. The molecule has 1 fully saturated rings. The highest BCUT2D eigenvalue weighted by Crippen LogP contribution is 2.38. The molecule has 5 aromatic rings. The van der Waals surface area contributed by atoms with Crippen LogP contribution in [0.4, 0.5) is 0 Å². The molecule has 1 aliphatic heterocycles. The molecule has 1 atom stereocenters. The second-order valence-electron chi connectivity index (χ2n) is 13.1. The van der Waals surface area contributed by atoms with Crippen LogP contribution >= 0.6 is 11.6 Å². The number of hydrogen-bond donors (Lipinski definition) is 1. The number of rotatable bonds is 15. The van der Waals surface area contributed by atoms with E-state index in [0.717, 1.165) is 52.7 Å². The lowest BCUT2D eigenvalue weighted by Gasteiger charge is -2.33. The lowest BCUT2D eigenvalue weighted by molar-refractivity contribution is 0.0600. The van der Waals surface area contributed by atoms with Gasteiger partial charge < -0.3 is 14.0 Å². The van der Waals surface area contributed by atoms with Gasteiger partial charge in [-0.15, -0.1) is 0 Å². The Hall–Kier alpha value is -4.15. The lowest BCUT2D eigenvalue weighted by atomic mass is 9.97. The van der Waals surface area contributed by atoms with Crippen LogP contribution in [-0.4, -0.2) is 69.0 Å². The molecular weight excluding hydrogens is 682 g/mol. The number of nitrogens with zero attached hydrogens (tertiary/aromatic N) is 2. The van der Waals surface area contributed by atoms with Gasteiger partial charge in [-0.05, 0) is 85.5 Å². The standard InChI is InChI=1S/C41H46ClN3O5S/c1-30-11-9-10-25-44(30)26-28-51(47,48)43-24-22-39-36(23-27-50-35-19-16-33(17-20-35)41(46)49-2)37-29-34(42)18-21-38(37)45(39)40(31-12-5-3-6-13-31)32-14-7-4-8-15-32/h3-8,12-21,29-30,40,43H,9-11,22-28H2,1-2H3. The number of carbonyl (C=O) groups excluding carboxylic acids is 1. The molecule has 0 radical (unpaired) electrons. The minimum atomic E-state index is -3.51. The average Bonchev–Trinajstić information content (AvgIpc) is 3.43. The molecule has 268 valence electrons. The predicted octanol–water partition coefficient (Wildman–Crippen LogP) is 7.68. The van der Waals surface area contributed by atoms with Crippen LogP contribution in [0, 0.1) is 0 Å². The van der Waals surface area contributed by atoms with Crippen LogP contribution in [0.25, 0.3) is 10.9 Å². The van der Waals surface area contributed by atoms with Gasteiger partial charge in [0.25, 0.3) is 0 Å². The zero-order valence-corrected chi connectivity index (χ0v) is 30.8. The average molecular weight is 728 g/mol. The van der Waals surface area contributed by atoms with Crippen molar-refractivity contribution >= 4 is 38.5 Å². The van der Waals surface area contributed by atoms with Crippen LogP contribution in [-0.2, 0) is 27.6 Å². The maximum absolute atomic E-state index is 13.3.